The Morgan fingerprint density at radius 3 is 2.44 bits per heavy atom. The maximum Gasteiger partial charge on any atom is 0.416 e. The van der Waals surface area contributed by atoms with Crippen molar-refractivity contribution in [2.24, 2.45) is 5.92 Å². The summed E-state index contributed by atoms with van der Waals surface area (Å²) in [6.45, 7) is 9.70. The van der Waals surface area contributed by atoms with Crippen LogP contribution in [0, 0.1) is 19.8 Å². The Morgan fingerprint density at radius 2 is 1.82 bits per heavy atom. The fraction of sp³-hybridized carbons (Fsp3) is 0.543. The number of benzene rings is 2. The van der Waals surface area contributed by atoms with Crippen molar-refractivity contribution in [1.82, 2.24) is 15.0 Å². The van der Waals surface area contributed by atoms with Crippen molar-refractivity contribution in [3.8, 4) is 5.75 Å². The number of carbonyl (C=O) groups is 1. The van der Waals surface area contributed by atoms with Gasteiger partial charge in [-0.05, 0) is 89.9 Å². The van der Waals surface area contributed by atoms with Crippen LogP contribution in [0.25, 0.3) is 0 Å². The maximum atomic E-state index is 14.4. The average molecular weight is 725 g/mol. The summed E-state index contributed by atoms with van der Waals surface area (Å²) in [5.41, 5.74) is 0.453. The van der Waals surface area contributed by atoms with E-state index < -0.39 is 33.7 Å². The number of aliphatic hydroxyl groups excluding tert-OH is 1. The first-order valence-electron chi connectivity index (χ1n) is 16.6. The topological polar surface area (TPSA) is 134 Å². The molecule has 2 aromatic carbocycles. The third-order valence-corrected chi connectivity index (χ3v) is 10.4. The van der Waals surface area contributed by atoms with Crippen LogP contribution >= 0.6 is 0 Å². The number of anilines is 1. The second kappa shape index (κ2) is 16.6. The van der Waals surface area contributed by atoms with Gasteiger partial charge in [-0.3, -0.25) is 14.4 Å². The maximum absolute atomic E-state index is 14.4. The number of alkyl halides is 3. The molecule has 0 bridgehead atoms. The van der Waals surface area contributed by atoms with E-state index in [0.29, 0.717) is 31.7 Å². The van der Waals surface area contributed by atoms with Crippen molar-refractivity contribution in [3.63, 3.8) is 0 Å². The summed E-state index contributed by atoms with van der Waals surface area (Å²) in [6, 6.07) is 8.97. The fourth-order valence-corrected chi connectivity index (χ4v) is 7.38. The summed E-state index contributed by atoms with van der Waals surface area (Å²) in [7, 11) is -2.25. The van der Waals surface area contributed by atoms with E-state index in [2.05, 4.69) is 9.88 Å². The standard InChI is InChI=1S/C35H47F3N4O7S/c1-22-18-42(23(2)21-43)34(44)30-17-29(40-50(45,46)33-25(4)39-49-26(33)5)14-15-31(30)48-24(3)9-7-8-16-47-32(22)20-41(6)19-27-10-12-28(13-11-27)35(36,37)38/h10-15,17,22-24,32,40,43H,7-9,16,18-21H2,1-6H3/t22-,23-,24-,32+/m0/s1. The minimum atomic E-state index is -4.41. The Labute approximate surface area is 291 Å². The van der Waals surface area contributed by atoms with Gasteiger partial charge in [0, 0.05) is 37.8 Å². The number of nitrogens with zero attached hydrogens (tertiary/aromatic N) is 3. The van der Waals surface area contributed by atoms with Crippen LogP contribution in [0.1, 0.15) is 73.0 Å². The van der Waals surface area contributed by atoms with Gasteiger partial charge < -0.3 is 24.0 Å². The molecule has 0 saturated heterocycles. The molecule has 0 fully saturated rings. The van der Waals surface area contributed by atoms with Crippen molar-refractivity contribution >= 4 is 21.6 Å². The molecule has 0 spiro atoms. The van der Waals surface area contributed by atoms with Crippen molar-refractivity contribution in [3.05, 3.63) is 70.6 Å². The lowest BCUT2D eigenvalue weighted by atomic mass is 10.0. The van der Waals surface area contributed by atoms with Gasteiger partial charge in [-0.1, -0.05) is 24.2 Å². The molecule has 0 radical (unpaired) electrons. The van der Waals surface area contributed by atoms with Gasteiger partial charge in [0.2, 0.25) is 0 Å². The Kier molecular flexibility index (Phi) is 13.0. The SMILES string of the molecule is Cc1noc(C)c1S(=O)(=O)Nc1ccc2c(c1)C(=O)N([C@@H](C)CO)C[C@H](C)[C@@H](CN(C)Cc1ccc(C(F)(F)F)cc1)OCCCC[C@H](C)O2. The smallest absolute Gasteiger partial charge is 0.416 e. The Balaban J connectivity index is 1.62. The van der Waals surface area contributed by atoms with Gasteiger partial charge in [0.05, 0.1) is 36.0 Å². The number of fused-ring (bicyclic) bond motifs is 1. The zero-order chi connectivity index (χ0) is 36.8. The van der Waals surface area contributed by atoms with Crippen molar-refractivity contribution in [2.75, 3.05) is 38.1 Å². The quantitative estimate of drug-likeness (QED) is 0.271. The van der Waals surface area contributed by atoms with E-state index >= 15 is 0 Å². The molecule has 0 saturated carbocycles. The minimum absolute atomic E-state index is 0.0903. The lowest BCUT2D eigenvalue weighted by Crippen LogP contribution is -2.47. The van der Waals surface area contributed by atoms with E-state index in [1.807, 2.05) is 25.8 Å². The van der Waals surface area contributed by atoms with E-state index in [9.17, 15) is 31.5 Å². The summed E-state index contributed by atoms with van der Waals surface area (Å²) in [5.74, 6) is -0.296. The highest BCUT2D eigenvalue weighted by molar-refractivity contribution is 7.92. The van der Waals surface area contributed by atoms with Crippen molar-refractivity contribution in [1.29, 1.82) is 0 Å². The van der Waals surface area contributed by atoms with Crippen LogP contribution in [0.15, 0.2) is 51.9 Å². The minimum Gasteiger partial charge on any atom is -0.490 e. The molecule has 0 unspecified atom stereocenters. The van der Waals surface area contributed by atoms with Gasteiger partial charge in [-0.25, -0.2) is 8.42 Å². The van der Waals surface area contributed by atoms with Gasteiger partial charge in [0.25, 0.3) is 15.9 Å². The van der Waals surface area contributed by atoms with E-state index in [-0.39, 0.29) is 64.6 Å². The molecule has 1 aromatic heterocycles. The number of nitrogens with one attached hydrogen (secondary N) is 1. The number of aromatic nitrogens is 1. The lowest BCUT2D eigenvalue weighted by Gasteiger charge is -2.36. The van der Waals surface area contributed by atoms with Crippen molar-refractivity contribution < 1.29 is 45.5 Å². The molecular formula is C35H47F3N4O7S. The van der Waals surface area contributed by atoms with Crippen LogP contribution in [-0.4, -0.2) is 86.0 Å². The van der Waals surface area contributed by atoms with Gasteiger partial charge in [0.1, 0.15) is 11.4 Å². The van der Waals surface area contributed by atoms with Gasteiger partial charge in [-0.15, -0.1) is 0 Å². The monoisotopic (exact) mass is 724 g/mol. The predicted octanol–water partition coefficient (Wildman–Crippen LogP) is 6.04. The molecule has 3 aromatic rings. The number of aryl methyl sites for hydroxylation is 2. The summed E-state index contributed by atoms with van der Waals surface area (Å²) in [4.78, 5) is 17.8. The second-order valence-corrected chi connectivity index (χ2v) is 14.8. The first kappa shape index (κ1) is 39.1. The number of likely N-dealkylation sites (N-methyl/N-ethyl adjacent to an activating group) is 1. The lowest BCUT2D eigenvalue weighted by molar-refractivity contribution is -0.137. The molecule has 1 amide bonds. The van der Waals surface area contributed by atoms with Crippen LogP contribution in [0.4, 0.5) is 18.9 Å². The van der Waals surface area contributed by atoms with E-state index in [4.69, 9.17) is 14.0 Å². The average Bonchev–Trinajstić information content (AvgIpc) is 3.40. The second-order valence-electron chi connectivity index (χ2n) is 13.2. The van der Waals surface area contributed by atoms with Crippen LogP contribution in [0.5, 0.6) is 5.75 Å². The molecule has 2 N–H and O–H groups in total. The molecular weight excluding hydrogens is 677 g/mol. The molecule has 2 heterocycles. The van der Waals surface area contributed by atoms with Crippen molar-refractivity contribution in [2.45, 2.75) is 89.7 Å². The number of hydrogen-bond acceptors (Lipinski definition) is 9. The molecule has 276 valence electrons. The summed E-state index contributed by atoms with van der Waals surface area (Å²) in [6.07, 6.45) is -2.84. The van der Waals surface area contributed by atoms with Gasteiger partial charge in [0.15, 0.2) is 10.7 Å². The third-order valence-electron chi connectivity index (χ3n) is 8.77. The number of rotatable bonds is 9. The van der Waals surface area contributed by atoms with Crippen LogP contribution in [-0.2, 0) is 27.5 Å². The number of halogens is 3. The Bertz CT molecular complexity index is 1680. The van der Waals surface area contributed by atoms with Crippen LogP contribution in [0.3, 0.4) is 0 Å². The van der Waals surface area contributed by atoms with Gasteiger partial charge in [-0.2, -0.15) is 13.2 Å². The summed E-state index contributed by atoms with van der Waals surface area (Å²) in [5, 5.41) is 14.0. The largest absolute Gasteiger partial charge is 0.490 e. The molecule has 11 nitrogen and oxygen atoms in total. The predicted molar refractivity (Wildman–Crippen MR) is 181 cm³/mol. The zero-order valence-corrected chi connectivity index (χ0v) is 30.1. The number of amides is 1. The molecule has 50 heavy (non-hydrogen) atoms. The van der Waals surface area contributed by atoms with Crippen LogP contribution < -0.4 is 9.46 Å². The number of carbonyl (C=O) groups excluding carboxylic acids is 1. The summed E-state index contributed by atoms with van der Waals surface area (Å²) < 4.78 is 86.0. The highest BCUT2D eigenvalue weighted by Crippen LogP contribution is 2.31. The highest BCUT2D eigenvalue weighted by atomic mass is 32.2. The zero-order valence-electron chi connectivity index (χ0n) is 29.3. The highest BCUT2D eigenvalue weighted by Gasteiger charge is 2.32. The molecule has 1 aliphatic rings. The molecule has 4 atom stereocenters. The Morgan fingerprint density at radius 1 is 1.12 bits per heavy atom. The number of sulfonamides is 1. The number of aliphatic hydroxyl groups is 1. The molecule has 1 aliphatic heterocycles. The molecule has 15 heteroatoms. The van der Waals surface area contributed by atoms with E-state index in [1.165, 1.54) is 43.0 Å². The van der Waals surface area contributed by atoms with E-state index in [0.717, 1.165) is 25.0 Å². The third kappa shape index (κ3) is 9.98. The van der Waals surface area contributed by atoms with Gasteiger partial charge >= 0.3 is 6.18 Å². The molecule has 0 aliphatic carbocycles. The Hall–Kier alpha value is -3.66. The first-order valence-corrected chi connectivity index (χ1v) is 18.1. The normalized spacial score (nSPS) is 20.6. The fourth-order valence-electron chi connectivity index (χ4n) is 6.00. The van der Waals surface area contributed by atoms with E-state index in [1.54, 1.807) is 13.0 Å². The van der Waals surface area contributed by atoms with Crippen LogP contribution in [0.2, 0.25) is 0 Å². The number of ether oxygens (including phenoxy) is 2. The summed E-state index contributed by atoms with van der Waals surface area (Å²) >= 11 is 0. The first-order chi connectivity index (χ1) is 23.5. The number of hydrogen-bond donors (Lipinski definition) is 2. The molecule has 4 rings (SSSR count).